The fourth-order valence-corrected chi connectivity index (χ4v) is 3.31. The topological polar surface area (TPSA) is 61.8 Å². The minimum atomic E-state index is -0.690. The molecule has 2 N–H and O–H groups in total. The van der Waals surface area contributed by atoms with Crippen LogP contribution in [0.15, 0.2) is 48.7 Å². The molecule has 2 heterocycles. The van der Waals surface area contributed by atoms with Crippen LogP contribution in [0, 0.1) is 0 Å². The molecule has 2 aliphatic heterocycles. The number of carbonyl (C=O) groups is 1. The van der Waals surface area contributed by atoms with Crippen molar-refractivity contribution in [3.8, 4) is 5.75 Å². The van der Waals surface area contributed by atoms with Crippen molar-refractivity contribution in [3.63, 3.8) is 0 Å². The first-order valence-electron chi connectivity index (χ1n) is 9.21. The van der Waals surface area contributed by atoms with Crippen LogP contribution in [0.5, 0.6) is 5.75 Å². The van der Waals surface area contributed by atoms with E-state index in [1.54, 1.807) is 6.26 Å². The van der Waals surface area contributed by atoms with E-state index in [9.17, 15) is 4.79 Å². The third kappa shape index (κ3) is 5.07. The zero-order valence-electron chi connectivity index (χ0n) is 15.0. The van der Waals surface area contributed by atoms with Crippen LogP contribution in [-0.2, 0) is 11.2 Å². The fraction of sp³-hybridized carbons (Fsp3) is 0.381. The van der Waals surface area contributed by atoms with Crippen LogP contribution >= 0.6 is 0 Å². The molecule has 5 nitrogen and oxygen atoms in total. The SMILES string of the molecule is C1=COc2ccc3ccccc3c2C1.O=C(O)CCCN1CCNCC1. The van der Waals surface area contributed by atoms with Gasteiger partial charge in [0.05, 0.1) is 6.26 Å². The summed E-state index contributed by atoms with van der Waals surface area (Å²) < 4.78 is 5.45. The lowest BCUT2D eigenvalue weighted by Gasteiger charge is -2.26. The Kier molecular flexibility index (Phi) is 6.63. The van der Waals surface area contributed by atoms with Crippen LogP contribution in [-0.4, -0.2) is 48.7 Å². The lowest BCUT2D eigenvalue weighted by atomic mass is 10.0. The number of benzene rings is 2. The van der Waals surface area contributed by atoms with E-state index in [-0.39, 0.29) is 0 Å². The molecule has 1 saturated heterocycles. The third-order valence-electron chi connectivity index (χ3n) is 4.69. The van der Waals surface area contributed by atoms with E-state index < -0.39 is 5.97 Å². The second-order valence-electron chi connectivity index (χ2n) is 6.55. The predicted molar refractivity (Wildman–Crippen MR) is 104 cm³/mol. The van der Waals surface area contributed by atoms with Crippen LogP contribution in [0.25, 0.3) is 10.8 Å². The predicted octanol–water partition coefficient (Wildman–Crippen LogP) is 3.04. The minimum absolute atomic E-state index is 0.296. The molecule has 0 radical (unpaired) electrons. The van der Waals surface area contributed by atoms with Crippen molar-refractivity contribution in [2.45, 2.75) is 19.3 Å². The van der Waals surface area contributed by atoms with Gasteiger partial charge < -0.3 is 20.1 Å². The first-order valence-corrected chi connectivity index (χ1v) is 9.21. The first-order chi connectivity index (χ1) is 12.7. The molecule has 5 heteroatoms. The number of aliphatic carboxylic acids is 1. The molecule has 4 rings (SSSR count). The maximum absolute atomic E-state index is 10.2. The summed E-state index contributed by atoms with van der Waals surface area (Å²) in [4.78, 5) is 12.5. The molecule has 0 spiro atoms. The average molecular weight is 354 g/mol. The normalized spacial score (nSPS) is 16.3. The number of allylic oxidation sites excluding steroid dienone is 1. The molecule has 2 aromatic carbocycles. The van der Waals surface area contributed by atoms with Crippen molar-refractivity contribution in [1.82, 2.24) is 10.2 Å². The van der Waals surface area contributed by atoms with Gasteiger partial charge in [-0.15, -0.1) is 0 Å². The molecular formula is C21H26N2O3. The molecule has 0 atom stereocenters. The Hall–Kier alpha value is -2.37. The van der Waals surface area contributed by atoms with E-state index in [2.05, 4.69) is 46.6 Å². The smallest absolute Gasteiger partial charge is 0.303 e. The summed E-state index contributed by atoms with van der Waals surface area (Å²) in [5.74, 6) is 0.302. The Morgan fingerprint density at radius 2 is 1.96 bits per heavy atom. The van der Waals surface area contributed by atoms with Gasteiger partial charge in [-0.3, -0.25) is 4.79 Å². The molecular weight excluding hydrogens is 328 g/mol. The van der Waals surface area contributed by atoms with Gasteiger partial charge in [-0.1, -0.05) is 30.3 Å². The lowest BCUT2D eigenvalue weighted by Crippen LogP contribution is -2.43. The van der Waals surface area contributed by atoms with Gasteiger partial charge in [-0.2, -0.15) is 0 Å². The Bertz CT molecular complexity index is 767. The molecule has 0 aromatic heterocycles. The minimum Gasteiger partial charge on any atom is -0.481 e. The summed E-state index contributed by atoms with van der Waals surface area (Å²) in [7, 11) is 0. The molecule has 0 unspecified atom stereocenters. The molecule has 2 aliphatic rings. The number of carboxylic acids is 1. The third-order valence-corrected chi connectivity index (χ3v) is 4.69. The molecule has 26 heavy (non-hydrogen) atoms. The molecule has 0 saturated carbocycles. The highest BCUT2D eigenvalue weighted by Crippen LogP contribution is 2.30. The van der Waals surface area contributed by atoms with Crippen LogP contribution in [0.3, 0.4) is 0 Å². The van der Waals surface area contributed by atoms with Crippen LogP contribution in [0.1, 0.15) is 18.4 Å². The number of hydrogen-bond acceptors (Lipinski definition) is 4. The van der Waals surface area contributed by atoms with Crippen molar-refractivity contribution in [3.05, 3.63) is 54.3 Å². The van der Waals surface area contributed by atoms with E-state index in [1.807, 2.05) is 6.07 Å². The number of nitrogens with zero attached hydrogens (tertiary/aromatic N) is 1. The van der Waals surface area contributed by atoms with Gasteiger partial charge >= 0.3 is 5.97 Å². The first kappa shape index (κ1) is 18.4. The number of nitrogens with one attached hydrogen (secondary N) is 1. The van der Waals surface area contributed by atoms with Crippen LogP contribution in [0.2, 0.25) is 0 Å². The highest BCUT2D eigenvalue weighted by Gasteiger charge is 2.10. The maximum atomic E-state index is 10.2. The van der Waals surface area contributed by atoms with E-state index >= 15 is 0 Å². The Morgan fingerprint density at radius 3 is 2.77 bits per heavy atom. The molecule has 0 aliphatic carbocycles. The summed E-state index contributed by atoms with van der Waals surface area (Å²) in [6, 6.07) is 12.6. The number of hydrogen-bond donors (Lipinski definition) is 2. The number of rotatable bonds is 4. The van der Waals surface area contributed by atoms with E-state index in [0.717, 1.165) is 51.3 Å². The van der Waals surface area contributed by atoms with Crippen LogP contribution in [0.4, 0.5) is 0 Å². The molecule has 138 valence electrons. The highest BCUT2D eigenvalue weighted by atomic mass is 16.5. The van der Waals surface area contributed by atoms with Gasteiger partial charge in [0.25, 0.3) is 0 Å². The van der Waals surface area contributed by atoms with Crippen LogP contribution < -0.4 is 10.1 Å². The van der Waals surface area contributed by atoms with E-state index in [4.69, 9.17) is 9.84 Å². The Balaban J connectivity index is 0.000000153. The van der Waals surface area contributed by atoms with Gasteiger partial charge in [-0.25, -0.2) is 0 Å². The standard InChI is InChI=1S/C13H10O.C8H16N2O2/c1-2-5-11-10(4-1)7-8-13-12(11)6-3-9-14-13;11-8(12)2-1-5-10-6-3-9-4-7-10/h1-5,7-9H,6H2;9H,1-7H2,(H,11,12). The molecule has 0 bridgehead atoms. The zero-order chi connectivity index (χ0) is 18.2. The van der Waals surface area contributed by atoms with Gasteiger partial charge in [0.1, 0.15) is 5.75 Å². The summed E-state index contributed by atoms with van der Waals surface area (Å²) >= 11 is 0. The average Bonchev–Trinajstić information content (AvgIpc) is 2.69. The molecule has 1 fully saturated rings. The van der Waals surface area contributed by atoms with Crippen molar-refractivity contribution < 1.29 is 14.6 Å². The highest BCUT2D eigenvalue weighted by molar-refractivity contribution is 5.88. The van der Waals surface area contributed by atoms with Crippen molar-refractivity contribution in [1.29, 1.82) is 0 Å². The Morgan fingerprint density at radius 1 is 1.15 bits per heavy atom. The maximum Gasteiger partial charge on any atom is 0.303 e. The summed E-state index contributed by atoms with van der Waals surface area (Å²) in [5, 5.41) is 14.3. The van der Waals surface area contributed by atoms with Gasteiger partial charge in [-0.05, 0) is 42.3 Å². The van der Waals surface area contributed by atoms with Gasteiger partial charge in [0.15, 0.2) is 0 Å². The second-order valence-corrected chi connectivity index (χ2v) is 6.55. The van der Waals surface area contributed by atoms with Crippen molar-refractivity contribution >= 4 is 16.7 Å². The number of carboxylic acid groups (broad SMARTS) is 1. The number of fused-ring (bicyclic) bond motifs is 3. The van der Waals surface area contributed by atoms with Crippen molar-refractivity contribution in [2.75, 3.05) is 32.7 Å². The van der Waals surface area contributed by atoms with Gasteiger partial charge in [0.2, 0.25) is 0 Å². The van der Waals surface area contributed by atoms with Gasteiger partial charge in [0, 0.05) is 38.2 Å². The number of ether oxygens (including phenoxy) is 1. The lowest BCUT2D eigenvalue weighted by molar-refractivity contribution is -0.137. The summed E-state index contributed by atoms with van der Waals surface area (Å²) in [6.45, 7) is 5.10. The van der Waals surface area contributed by atoms with Crippen molar-refractivity contribution in [2.24, 2.45) is 0 Å². The molecule has 0 amide bonds. The second kappa shape index (κ2) is 9.36. The monoisotopic (exact) mass is 354 g/mol. The summed E-state index contributed by atoms with van der Waals surface area (Å²) in [6.07, 6.45) is 5.85. The largest absolute Gasteiger partial charge is 0.481 e. The van der Waals surface area contributed by atoms with E-state index in [0.29, 0.717) is 6.42 Å². The van der Waals surface area contributed by atoms with E-state index in [1.165, 1.54) is 16.3 Å². The fourth-order valence-electron chi connectivity index (χ4n) is 3.31. The quantitative estimate of drug-likeness (QED) is 0.884. The molecule has 2 aromatic rings. The number of piperazine rings is 1. The zero-order valence-corrected chi connectivity index (χ0v) is 15.0. The summed E-state index contributed by atoms with van der Waals surface area (Å²) in [5.41, 5.74) is 1.30. The Labute approximate surface area is 154 Å².